The highest BCUT2D eigenvalue weighted by molar-refractivity contribution is 7.71. The van der Waals surface area contributed by atoms with E-state index in [4.69, 9.17) is 12.2 Å². The van der Waals surface area contributed by atoms with Crippen molar-refractivity contribution in [3.8, 4) is 0 Å². The van der Waals surface area contributed by atoms with Gasteiger partial charge in [0.25, 0.3) is 0 Å². The maximum absolute atomic E-state index is 4.92. The lowest BCUT2D eigenvalue weighted by Gasteiger charge is -1.97. The van der Waals surface area contributed by atoms with E-state index in [9.17, 15) is 0 Å². The molecule has 0 spiro atoms. The quantitative estimate of drug-likeness (QED) is 0.610. The zero-order chi connectivity index (χ0) is 7.56. The highest BCUT2D eigenvalue weighted by atomic mass is 32.1. The van der Waals surface area contributed by atoms with Gasteiger partial charge in [-0.3, -0.25) is 0 Å². The summed E-state index contributed by atoms with van der Waals surface area (Å²) in [5.74, 6) is 0. The molecule has 10 heavy (non-hydrogen) atoms. The summed E-state index contributed by atoms with van der Waals surface area (Å²) in [4.78, 5) is 3.03. The monoisotopic (exact) mass is 151 g/mol. The van der Waals surface area contributed by atoms with Gasteiger partial charge in [0, 0.05) is 5.69 Å². The van der Waals surface area contributed by atoms with Crippen molar-refractivity contribution in [2.75, 3.05) is 0 Å². The maximum atomic E-state index is 4.92. The molecule has 1 aromatic rings. The van der Waals surface area contributed by atoms with Crippen LogP contribution in [0, 0.1) is 11.6 Å². The Morgan fingerprint density at radius 1 is 1.60 bits per heavy atom. The number of aromatic nitrogens is 1. The molecular weight excluding hydrogens is 142 g/mol. The van der Waals surface area contributed by atoms with Gasteiger partial charge in [-0.25, -0.2) is 0 Å². The Morgan fingerprint density at radius 2 is 2.30 bits per heavy atom. The number of hydrogen-bond acceptors (Lipinski definition) is 1. The number of pyridine rings is 1. The molecule has 0 aliphatic rings. The molecule has 0 atom stereocenters. The van der Waals surface area contributed by atoms with Crippen molar-refractivity contribution in [2.24, 2.45) is 0 Å². The third-order valence-electron chi connectivity index (χ3n) is 1.38. The third kappa shape index (κ3) is 1.33. The fraction of sp³-hybridized carbons (Fsp3) is 0.125. The van der Waals surface area contributed by atoms with E-state index >= 15 is 0 Å². The highest BCUT2D eigenvalue weighted by Crippen LogP contribution is 2.04. The first-order chi connectivity index (χ1) is 4.74. The lowest BCUT2D eigenvalue weighted by Crippen LogP contribution is -1.84. The highest BCUT2D eigenvalue weighted by Gasteiger charge is 1.89. The second-order valence-corrected chi connectivity index (χ2v) is 2.55. The first-order valence-corrected chi connectivity index (χ1v) is 3.47. The van der Waals surface area contributed by atoms with Crippen molar-refractivity contribution in [3.63, 3.8) is 0 Å². The van der Waals surface area contributed by atoms with Gasteiger partial charge in [-0.15, -0.1) is 0 Å². The molecule has 0 aliphatic carbocycles. The van der Waals surface area contributed by atoms with Crippen molar-refractivity contribution >= 4 is 18.3 Å². The summed E-state index contributed by atoms with van der Waals surface area (Å²) in [7, 11) is 0. The smallest absolute Gasteiger partial charge is 0.103 e. The number of aromatic amines is 1. The van der Waals surface area contributed by atoms with E-state index in [-0.39, 0.29) is 0 Å². The van der Waals surface area contributed by atoms with E-state index in [1.807, 2.05) is 19.1 Å². The lowest BCUT2D eigenvalue weighted by molar-refractivity contribution is 1.17. The van der Waals surface area contributed by atoms with Crippen LogP contribution in [0.1, 0.15) is 11.3 Å². The molecular formula is C8H9NS. The van der Waals surface area contributed by atoms with Crippen LogP contribution in [0.2, 0.25) is 0 Å². The van der Waals surface area contributed by atoms with E-state index in [1.54, 1.807) is 6.08 Å². The van der Waals surface area contributed by atoms with Gasteiger partial charge < -0.3 is 4.98 Å². The fourth-order valence-corrected chi connectivity index (χ4v) is 1.03. The minimum absolute atomic E-state index is 0.767. The van der Waals surface area contributed by atoms with Crippen LogP contribution in [0.25, 0.3) is 6.08 Å². The second-order valence-electron chi connectivity index (χ2n) is 2.11. The van der Waals surface area contributed by atoms with Gasteiger partial charge in [0.05, 0.1) is 0 Å². The number of aryl methyl sites for hydroxylation is 1. The van der Waals surface area contributed by atoms with Crippen molar-refractivity contribution in [1.29, 1.82) is 0 Å². The Kier molecular flexibility index (Phi) is 2.02. The first kappa shape index (κ1) is 7.22. The standard InChI is InChI=1S/C8H9NS/c1-3-7-4-5-8(10)9-6(7)2/h3-5H,1H2,2H3,(H,9,10). The van der Waals surface area contributed by atoms with Crippen LogP contribution < -0.4 is 0 Å². The lowest BCUT2D eigenvalue weighted by atomic mass is 10.2. The summed E-state index contributed by atoms with van der Waals surface area (Å²) < 4.78 is 0.767. The first-order valence-electron chi connectivity index (χ1n) is 3.06. The van der Waals surface area contributed by atoms with E-state index in [2.05, 4.69) is 11.6 Å². The average Bonchev–Trinajstić information content (AvgIpc) is 1.88. The predicted molar refractivity (Wildman–Crippen MR) is 46.5 cm³/mol. The molecule has 0 aliphatic heterocycles. The molecule has 1 heterocycles. The molecule has 0 aromatic carbocycles. The predicted octanol–water partition coefficient (Wildman–Crippen LogP) is 2.70. The van der Waals surface area contributed by atoms with Crippen LogP contribution >= 0.6 is 12.2 Å². The Bertz CT molecular complexity index is 298. The molecule has 52 valence electrons. The fourth-order valence-electron chi connectivity index (χ4n) is 0.810. The van der Waals surface area contributed by atoms with Gasteiger partial charge in [-0.05, 0) is 18.6 Å². The van der Waals surface area contributed by atoms with Crippen LogP contribution in [0.5, 0.6) is 0 Å². The van der Waals surface area contributed by atoms with E-state index in [0.29, 0.717) is 0 Å². The SMILES string of the molecule is C=Cc1ccc(=S)[nH]c1C. The molecule has 0 saturated heterocycles. The molecule has 1 N–H and O–H groups in total. The van der Waals surface area contributed by atoms with Gasteiger partial charge in [0.2, 0.25) is 0 Å². The van der Waals surface area contributed by atoms with Gasteiger partial charge in [-0.2, -0.15) is 0 Å². The summed E-state index contributed by atoms with van der Waals surface area (Å²) in [5, 5.41) is 0. The Morgan fingerprint density at radius 3 is 2.80 bits per heavy atom. The number of H-pyrrole nitrogens is 1. The topological polar surface area (TPSA) is 15.8 Å². The number of hydrogen-bond donors (Lipinski definition) is 1. The molecule has 1 nitrogen and oxygen atoms in total. The largest absolute Gasteiger partial charge is 0.350 e. The zero-order valence-electron chi connectivity index (χ0n) is 5.85. The van der Waals surface area contributed by atoms with Gasteiger partial charge in [0.1, 0.15) is 4.64 Å². The summed E-state index contributed by atoms with van der Waals surface area (Å²) in [6.07, 6.45) is 1.81. The van der Waals surface area contributed by atoms with Crippen LogP contribution in [-0.2, 0) is 0 Å². The molecule has 0 fully saturated rings. The van der Waals surface area contributed by atoms with Gasteiger partial charge in [-0.1, -0.05) is 30.9 Å². The summed E-state index contributed by atoms with van der Waals surface area (Å²) >= 11 is 4.92. The molecule has 0 saturated carbocycles. The minimum Gasteiger partial charge on any atom is -0.350 e. The van der Waals surface area contributed by atoms with E-state index < -0.39 is 0 Å². The zero-order valence-corrected chi connectivity index (χ0v) is 6.66. The second kappa shape index (κ2) is 2.80. The number of rotatable bonds is 1. The molecule has 1 aromatic heterocycles. The van der Waals surface area contributed by atoms with Crippen LogP contribution in [0.4, 0.5) is 0 Å². The van der Waals surface area contributed by atoms with Crippen molar-refractivity contribution in [2.45, 2.75) is 6.92 Å². The van der Waals surface area contributed by atoms with Crippen LogP contribution in [0.3, 0.4) is 0 Å². The Balaban J connectivity index is 3.32. The van der Waals surface area contributed by atoms with Crippen LogP contribution in [0.15, 0.2) is 18.7 Å². The maximum Gasteiger partial charge on any atom is 0.103 e. The van der Waals surface area contributed by atoms with E-state index in [1.165, 1.54) is 0 Å². The summed E-state index contributed by atoms with van der Waals surface area (Å²) in [6.45, 7) is 5.65. The van der Waals surface area contributed by atoms with Gasteiger partial charge in [0.15, 0.2) is 0 Å². The minimum atomic E-state index is 0.767. The molecule has 0 unspecified atom stereocenters. The average molecular weight is 151 g/mol. The number of nitrogens with one attached hydrogen (secondary N) is 1. The molecule has 2 heteroatoms. The molecule has 0 amide bonds. The summed E-state index contributed by atoms with van der Waals surface area (Å²) in [6, 6.07) is 3.82. The van der Waals surface area contributed by atoms with Gasteiger partial charge >= 0.3 is 0 Å². The van der Waals surface area contributed by atoms with Crippen molar-refractivity contribution in [3.05, 3.63) is 34.6 Å². The van der Waals surface area contributed by atoms with Crippen LogP contribution in [-0.4, -0.2) is 4.98 Å². The third-order valence-corrected chi connectivity index (χ3v) is 1.62. The van der Waals surface area contributed by atoms with Crippen molar-refractivity contribution < 1.29 is 0 Å². The summed E-state index contributed by atoms with van der Waals surface area (Å²) in [5.41, 5.74) is 2.18. The molecule has 0 bridgehead atoms. The normalized spacial score (nSPS) is 9.30. The van der Waals surface area contributed by atoms with Crippen molar-refractivity contribution in [1.82, 2.24) is 4.98 Å². The van der Waals surface area contributed by atoms with E-state index in [0.717, 1.165) is 15.9 Å². The molecule has 0 radical (unpaired) electrons. The Hall–Kier alpha value is -0.890. The Labute approximate surface area is 65.4 Å². The molecule has 1 rings (SSSR count).